The fourth-order valence-corrected chi connectivity index (χ4v) is 1.49. The number of nitrogens with one attached hydrogen (secondary N) is 1. The van der Waals surface area contributed by atoms with Gasteiger partial charge in [0.1, 0.15) is 11.6 Å². The third kappa shape index (κ3) is 1.88. The normalized spacial score (nSPS) is 16.5. The average Bonchev–Trinajstić information content (AvgIpc) is 2.88. The lowest BCUT2D eigenvalue weighted by molar-refractivity contribution is 0.603. The summed E-state index contributed by atoms with van der Waals surface area (Å²) in [6.45, 7) is 5.94. The molecule has 13 heavy (non-hydrogen) atoms. The van der Waals surface area contributed by atoms with Gasteiger partial charge in [-0.05, 0) is 26.7 Å². The highest BCUT2D eigenvalue weighted by molar-refractivity contribution is 4.95. The standard InChI is InChI=1S/C9H16N4/c1-3-13-7(2)11-12-9(13)6-10-8-4-5-8/h8,10H,3-6H2,1-2H3. The molecule has 0 saturated heterocycles. The van der Waals surface area contributed by atoms with Gasteiger partial charge in [-0.1, -0.05) is 0 Å². The molecular weight excluding hydrogens is 164 g/mol. The van der Waals surface area contributed by atoms with Gasteiger partial charge < -0.3 is 9.88 Å². The zero-order chi connectivity index (χ0) is 9.26. The van der Waals surface area contributed by atoms with Gasteiger partial charge in [0.2, 0.25) is 0 Å². The van der Waals surface area contributed by atoms with Crippen LogP contribution in [0.4, 0.5) is 0 Å². The van der Waals surface area contributed by atoms with E-state index < -0.39 is 0 Å². The average molecular weight is 180 g/mol. The molecule has 2 rings (SSSR count). The Morgan fingerprint density at radius 2 is 2.23 bits per heavy atom. The largest absolute Gasteiger partial charge is 0.314 e. The summed E-state index contributed by atoms with van der Waals surface area (Å²) < 4.78 is 2.15. The first kappa shape index (κ1) is 8.69. The number of rotatable bonds is 4. The van der Waals surface area contributed by atoms with Crippen molar-refractivity contribution in [1.29, 1.82) is 0 Å². The van der Waals surface area contributed by atoms with Crippen molar-refractivity contribution >= 4 is 0 Å². The highest BCUT2D eigenvalue weighted by Crippen LogP contribution is 2.19. The summed E-state index contributed by atoms with van der Waals surface area (Å²) in [5, 5.41) is 11.6. The van der Waals surface area contributed by atoms with E-state index in [-0.39, 0.29) is 0 Å². The fraction of sp³-hybridized carbons (Fsp3) is 0.778. The molecule has 0 atom stereocenters. The minimum absolute atomic E-state index is 0.738. The van der Waals surface area contributed by atoms with E-state index in [9.17, 15) is 0 Å². The second-order valence-corrected chi connectivity index (χ2v) is 3.56. The molecule has 1 N–H and O–H groups in total. The highest BCUT2D eigenvalue weighted by atomic mass is 15.3. The van der Waals surface area contributed by atoms with E-state index in [4.69, 9.17) is 0 Å². The van der Waals surface area contributed by atoms with E-state index in [0.717, 1.165) is 30.8 Å². The van der Waals surface area contributed by atoms with Crippen LogP contribution in [0.1, 0.15) is 31.4 Å². The molecule has 1 aromatic heterocycles. The monoisotopic (exact) mass is 180 g/mol. The summed E-state index contributed by atoms with van der Waals surface area (Å²) in [5.74, 6) is 2.07. The van der Waals surface area contributed by atoms with Crippen molar-refractivity contribution in [3.05, 3.63) is 11.6 Å². The Kier molecular flexibility index (Phi) is 2.31. The third-order valence-electron chi connectivity index (χ3n) is 2.45. The molecule has 1 heterocycles. The van der Waals surface area contributed by atoms with Gasteiger partial charge in [-0.25, -0.2) is 0 Å². The molecular formula is C9H16N4. The SMILES string of the molecule is CCn1c(C)nnc1CNC1CC1. The predicted octanol–water partition coefficient (Wildman–Crippen LogP) is 0.858. The molecule has 0 unspecified atom stereocenters. The van der Waals surface area contributed by atoms with Crippen LogP contribution in [0.5, 0.6) is 0 Å². The van der Waals surface area contributed by atoms with E-state index in [0.29, 0.717) is 0 Å². The second kappa shape index (κ2) is 3.46. The van der Waals surface area contributed by atoms with Crippen molar-refractivity contribution < 1.29 is 0 Å². The van der Waals surface area contributed by atoms with Crippen molar-refractivity contribution in [1.82, 2.24) is 20.1 Å². The second-order valence-electron chi connectivity index (χ2n) is 3.56. The third-order valence-corrected chi connectivity index (χ3v) is 2.45. The summed E-state index contributed by atoms with van der Waals surface area (Å²) in [5.41, 5.74) is 0. The van der Waals surface area contributed by atoms with Crippen LogP contribution in [-0.4, -0.2) is 20.8 Å². The molecule has 0 aliphatic heterocycles. The Labute approximate surface area is 78.4 Å². The van der Waals surface area contributed by atoms with Gasteiger partial charge in [0, 0.05) is 12.6 Å². The summed E-state index contributed by atoms with van der Waals surface area (Å²) in [4.78, 5) is 0. The van der Waals surface area contributed by atoms with E-state index >= 15 is 0 Å². The Hall–Kier alpha value is -0.900. The van der Waals surface area contributed by atoms with Crippen molar-refractivity contribution in [2.24, 2.45) is 0 Å². The minimum Gasteiger partial charge on any atom is -0.314 e. The van der Waals surface area contributed by atoms with Crippen molar-refractivity contribution in [2.45, 2.75) is 45.8 Å². The first-order chi connectivity index (χ1) is 6.31. The maximum atomic E-state index is 4.14. The molecule has 1 aliphatic rings. The van der Waals surface area contributed by atoms with Gasteiger partial charge in [-0.15, -0.1) is 10.2 Å². The molecule has 1 aliphatic carbocycles. The quantitative estimate of drug-likeness (QED) is 0.747. The first-order valence-electron chi connectivity index (χ1n) is 4.93. The van der Waals surface area contributed by atoms with E-state index in [1.807, 2.05) is 6.92 Å². The van der Waals surface area contributed by atoms with Gasteiger partial charge >= 0.3 is 0 Å². The first-order valence-corrected chi connectivity index (χ1v) is 4.93. The topological polar surface area (TPSA) is 42.7 Å². The highest BCUT2D eigenvalue weighted by Gasteiger charge is 2.21. The van der Waals surface area contributed by atoms with Crippen LogP contribution < -0.4 is 5.32 Å². The van der Waals surface area contributed by atoms with Gasteiger partial charge in [0.05, 0.1) is 6.54 Å². The summed E-state index contributed by atoms with van der Waals surface area (Å²) in [6.07, 6.45) is 2.64. The number of nitrogens with zero attached hydrogens (tertiary/aromatic N) is 3. The number of hydrogen-bond donors (Lipinski definition) is 1. The molecule has 0 amide bonds. The summed E-state index contributed by atoms with van der Waals surface area (Å²) in [6, 6.07) is 0.738. The zero-order valence-corrected chi connectivity index (χ0v) is 8.25. The molecule has 4 nitrogen and oxygen atoms in total. The molecule has 0 radical (unpaired) electrons. The van der Waals surface area contributed by atoms with Crippen LogP contribution in [0.3, 0.4) is 0 Å². The Morgan fingerprint density at radius 3 is 2.85 bits per heavy atom. The van der Waals surface area contributed by atoms with Gasteiger partial charge in [0.15, 0.2) is 0 Å². The predicted molar refractivity (Wildman–Crippen MR) is 50.3 cm³/mol. The maximum absolute atomic E-state index is 4.14. The maximum Gasteiger partial charge on any atom is 0.146 e. The van der Waals surface area contributed by atoms with E-state index in [1.165, 1.54) is 12.8 Å². The summed E-state index contributed by atoms with van der Waals surface area (Å²) >= 11 is 0. The fourth-order valence-electron chi connectivity index (χ4n) is 1.49. The number of aromatic nitrogens is 3. The van der Waals surface area contributed by atoms with Gasteiger partial charge in [-0.2, -0.15) is 0 Å². The summed E-state index contributed by atoms with van der Waals surface area (Å²) in [7, 11) is 0. The van der Waals surface area contributed by atoms with Crippen molar-refractivity contribution in [3.8, 4) is 0 Å². The van der Waals surface area contributed by atoms with Crippen molar-refractivity contribution in [3.63, 3.8) is 0 Å². The molecule has 1 fully saturated rings. The molecule has 1 aromatic rings. The molecule has 72 valence electrons. The minimum atomic E-state index is 0.738. The van der Waals surface area contributed by atoms with Crippen molar-refractivity contribution in [2.75, 3.05) is 0 Å². The van der Waals surface area contributed by atoms with Gasteiger partial charge in [-0.3, -0.25) is 0 Å². The van der Waals surface area contributed by atoms with Crippen LogP contribution >= 0.6 is 0 Å². The number of hydrogen-bond acceptors (Lipinski definition) is 3. The Bertz CT molecular complexity index is 288. The molecule has 1 saturated carbocycles. The molecule has 0 aromatic carbocycles. The van der Waals surface area contributed by atoms with Crippen LogP contribution in [0.2, 0.25) is 0 Å². The molecule has 0 bridgehead atoms. The molecule has 0 spiro atoms. The lowest BCUT2D eigenvalue weighted by Gasteiger charge is -2.05. The van der Waals surface area contributed by atoms with Crippen LogP contribution in [0.25, 0.3) is 0 Å². The Morgan fingerprint density at radius 1 is 1.46 bits per heavy atom. The number of aryl methyl sites for hydroxylation is 1. The lowest BCUT2D eigenvalue weighted by atomic mass is 10.5. The lowest BCUT2D eigenvalue weighted by Crippen LogP contribution is -2.19. The zero-order valence-electron chi connectivity index (χ0n) is 8.25. The molecule has 4 heteroatoms. The Balaban J connectivity index is 2.00. The van der Waals surface area contributed by atoms with Crippen LogP contribution in [0.15, 0.2) is 0 Å². The van der Waals surface area contributed by atoms with Crippen LogP contribution in [0, 0.1) is 6.92 Å². The van der Waals surface area contributed by atoms with E-state index in [2.05, 4.69) is 27.0 Å². The van der Waals surface area contributed by atoms with Crippen LogP contribution in [-0.2, 0) is 13.1 Å². The van der Waals surface area contributed by atoms with Gasteiger partial charge in [0.25, 0.3) is 0 Å². The van der Waals surface area contributed by atoms with E-state index in [1.54, 1.807) is 0 Å². The smallest absolute Gasteiger partial charge is 0.146 e.